The van der Waals surface area contributed by atoms with Gasteiger partial charge in [0, 0.05) is 18.8 Å². The number of hydrogen-bond acceptors (Lipinski definition) is 7. The molecule has 0 unspecified atom stereocenters. The van der Waals surface area contributed by atoms with Crippen LogP contribution in [0.15, 0.2) is 47.6 Å². The summed E-state index contributed by atoms with van der Waals surface area (Å²) >= 11 is 1.33. The summed E-state index contributed by atoms with van der Waals surface area (Å²) in [6.45, 7) is 4.31. The molecule has 1 atom stereocenters. The van der Waals surface area contributed by atoms with Crippen LogP contribution in [0.4, 0.5) is 5.69 Å². The molecule has 1 aliphatic rings. The van der Waals surface area contributed by atoms with Crippen molar-refractivity contribution in [2.45, 2.75) is 30.9 Å². The first-order valence-electron chi connectivity index (χ1n) is 9.45. The van der Waals surface area contributed by atoms with Gasteiger partial charge in [-0.05, 0) is 37.6 Å². The first-order chi connectivity index (χ1) is 14.5. The summed E-state index contributed by atoms with van der Waals surface area (Å²) in [5.41, 5.74) is 1.71. The molecule has 0 saturated heterocycles. The van der Waals surface area contributed by atoms with Gasteiger partial charge in [-0.15, -0.1) is 10.2 Å². The number of ether oxygens (including phenoxy) is 3. The third-order valence-corrected chi connectivity index (χ3v) is 5.80. The lowest BCUT2D eigenvalue weighted by molar-refractivity contribution is -0.115. The topological polar surface area (TPSA) is 87.5 Å². The standard InChI is InChI=1S/C21H22N4O4S/c1-13-6-4-5-7-16(13)27-11-19-23-24-21(25(19)3)30-14(2)20(26)22-15-8-9-17-18(10-15)29-12-28-17/h4-10,14H,11-12H2,1-3H3,(H,22,26)/t14-/m1/s1. The molecule has 2 heterocycles. The Kier molecular flexibility index (Phi) is 5.80. The largest absolute Gasteiger partial charge is 0.485 e. The van der Waals surface area contributed by atoms with E-state index in [1.54, 1.807) is 18.2 Å². The number of nitrogens with zero attached hydrogens (tertiary/aromatic N) is 3. The van der Waals surface area contributed by atoms with Gasteiger partial charge in [-0.3, -0.25) is 4.79 Å². The number of carbonyl (C=O) groups is 1. The van der Waals surface area contributed by atoms with Crippen molar-refractivity contribution in [3.8, 4) is 17.2 Å². The lowest BCUT2D eigenvalue weighted by atomic mass is 10.2. The molecule has 1 aromatic heterocycles. The number of hydrogen-bond donors (Lipinski definition) is 1. The molecule has 1 amide bonds. The van der Waals surface area contributed by atoms with Gasteiger partial charge in [0.1, 0.15) is 12.4 Å². The fraction of sp³-hybridized carbons (Fsp3) is 0.286. The summed E-state index contributed by atoms with van der Waals surface area (Å²) in [4.78, 5) is 12.6. The number of aryl methyl sites for hydroxylation is 1. The molecule has 0 saturated carbocycles. The maximum atomic E-state index is 12.6. The zero-order valence-corrected chi connectivity index (χ0v) is 17.7. The molecule has 9 heteroatoms. The second-order valence-electron chi connectivity index (χ2n) is 6.83. The highest BCUT2D eigenvalue weighted by molar-refractivity contribution is 8.00. The Morgan fingerprint density at radius 3 is 2.87 bits per heavy atom. The first-order valence-corrected chi connectivity index (χ1v) is 10.3. The molecule has 156 valence electrons. The SMILES string of the molecule is Cc1ccccc1OCc1nnc(S[C@H](C)C(=O)Nc2ccc3c(c2)OCO3)n1C. The van der Waals surface area contributed by atoms with Crippen molar-refractivity contribution in [2.24, 2.45) is 7.05 Å². The first kappa shape index (κ1) is 20.1. The second kappa shape index (κ2) is 8.66. The van der Waals surface area contributed by atoms with Gasteiger partial charge >= 0.3 is 0 Å². The number of anilines is 1. The van der Waals surface area contributed by atoms with Crippen LogP contribution >= 0.6 is 11.8 Å². The number of nitrogens with one attached hydrogen (secondary N) is 1. The molecule has 0 radical (unpaired) electrons. The van der Waals surface area contributed by atoms with Crippen LogP contribution in [-0.4, -0.2) is 32.7 Å². The Labute approximate surface area is 178 Å². The Morgan fingerprint density at radius 1 is 1.23 bits per heavy atom. The third kappa shape index (κ3) is 4.35. The highest BCUT2D eigenvalue weighted by Gasteiger charge is 2.20. The molecule has 1 N–H and O–H groups in total. The number of aromatic nitrogens is 3. The fourth-order valence-corrected chi connectivity index (χ4v) is 3.70. The molecular weight excluding hydrogens is 404 g/mol. The molecular formula is C21H22N4O4S. The Hall–Kier alpha value is -3.20. The predicted molar refractivity (Wildman–Crippen MR) is 113 cm³/mol. The number of fused-ring (bicyclic) bond motifs is 1. The van der Waals surface area contributed by atoms with Crippen LogP contribution in [0.5, 0.6) is 17.2 Å². The minimum absolute atomic E-state index is 0.139. The highest BCUT2D eigenvalue weighted by atomic mass is 32.2. The van der Waals surface area contributed by atoms with Crippen molar-refractivity contribution in [3.05, 3.63) is 53.9 Å². The number of thioether (sulfide) groups is 1. The minimum Gasteiger partial charge on any atom is -0.485 e. The van der Waals surface area contributed by atoms with Crippen molar-refractivity contribution in [3.63, 3.8) is 0 Å². The Bertz CT molecular complexity index is 1070. The van der Waals surface area contributed by atoms with E-state index in [-0.39, 0.29) is 18.0 Å². The summed E-state index contributed by atoms with van der Waals surface area (Å²) in [5, 5.41) is 11.6. The monoisotopic (exact) mass is 426 g/mol. The van der Waals surface area contributed by atoms with Crippen LogP contribution < -0.4 is 19.5 Å². The van der Waals surface area contributed by atoms with Gasteiger partial charge in [-0.2, -0.15) is 0 Å². The van der Waals surface area contributed by atoms with Crippen molar-refractivity contribution < 1.29 is 19.0 Å². The quantitative estimate of drug-likeness (QED) is 0.578. The minimum atomic E-state index is -0.372. The van der Waals surface area contributed by atoms with Gasteiger partial charge in [-0.1, -0.05) is 30.0 Å². The predicted octanol–water partition coefficient (Wildman–Crippen LogP) is 3.55. The molecule has 30 heavy (non-hydrogen) atoms. The number of para-hydroxylation sites is 1. The van der Waals surface area contributed by atoms with E-state index < -0.39 is 0 Å². The van der Waals surface area contributed by atoms with Crippen LogP contribution in [-0.2, 0) is 18.4 Å². The van der Waals surface area contributed by atoms with Crippen molar-refractivity contribution >= 4 is 23.4 Å². The number of benzene rings is 2. The van der Waals surface area contributed by atoms with Crippen molar-refractivity contribution in [1.82, 2.24) is 14.8 Å². The van der Waals surface area contributed by atoms with Crippen molar-refractivity contribution in [2.75, 3.05) is 12.1 Å². The molecule has 0 bridgehead atoms. The van der Waals surface area contributed by atoms with Gasteiger partial charge in [-0.25, -0.2) is 0 Å². The Morgan fingerprint density at radius 2 is 2.03 bits per heavy atom. The zero-order chi connectivity index (χ0) is 21.1. The van der Waals surface area contributed by atoms with E-state index in [1.807, 2.05) is 49.7 Å². The summed E-state index contributed by atoms with van der Waals surface area (Å²) in [6, 6.07) is 13.1. The maximum absolute atomic E-state index is 12.6. The number of amides is 1. The lowest BCUT2D eigenvalue weighted by Crippen LogP contribution is -2.22. The van der Waals surface area contributed by atoms with E-state index in [0.29, 0.717) is 34.8 Å². The molecule has 2 aromatic carbocycles. The third-order valence-electron chi connectivity index (χ3n) is 4.67. The second-order valence-corrected chi connectivity index (χ2v) is 8.14. The molecule has 4 rings (SSSR count). The molecule has 0 spiro atoms. The maximum Gasteiger partial charge on any atom is 0.237 e. The number of rotatable bonds is 7. The summed E-state index contributed by atoms with van der Waals surface area (Å²) in [6.07, 6.45) is 0. The molecule has 8 nitrogen and oxygen atoms in total. The van der Waals surface area contributed by atoms with E-state index in [0.717, 1.165) is 11.3 Å². The number of carbonyl (C=O) groups excluding carboxylic acids is 1. The van der Waals surface area contributed by atoms with Crippen LogP contribution in [0.1, 0.15) is 18.3 Å². The van der Waals surface area contributed by atoms with Crippen LogP contribution in [0.2, 0.25) is 0 Å². The van der Waals surface area contributed by atoms with Gasteiger partial charge < -0.3 is 24.1 Å². The molecule has 0 aliphatic carbocycles. The summed E-state index contributed by atoms with van der Waals surface area (Å²) < 4.78 is 18.3. The van der Waals surface area contributed by atoms with Gasteiger partial charge in [0.25, 0.3) is 0 Å². The van der Waals surface area contributed by atoms with Crippen LogP contribution in [0.25, 0.3) is 0 Å². The fourth-order valence-electron chi connectivity index (χ4n) is 2.86. The van der Waals surface area contributed by atoms with Crippen LogP contribution in [0.3, 0.4) is 0 Å². The van der Waals surface area contributed by atoms with E-state index in [2.05, 4.69) is 15.5 Å². The molecule has 1 aliphatic heterocycles. The van der Waals surface area contributed by atoms with Crippen LogP contribution in [0, 0.1) is 6.92 Å². The van der Waals surface area contributed by atoms with E-state index >= 15 is 0 Å². The summed E-state index contributed by atoms with van der Waals surface area (Å²) in [7, 11) is 1.86. The summed E-state index contributed by atoms with van der Waals surface area (Å²) in [5.74, 6) is 2.66. The average molecular weight is 426 g/mol. The zero-order valence-electron chi connectivity index (χ0n) is 16.9. The smallest absolute Gasteiger partial charge is 0.237 e. The molecule has 3 aromatic rings. The van der Waals surface area contributed by atoms with E-state index in [4.69, 9.17) is 14.2 Å². The lowest BCUT2D eigenvalue weighted by Gasteiger charge is -2.12. The normalized spacial score (nSPS) is 13.2. The Balaban J connectivity index is 1.35. The van der Waals surface area contributed by atoms with Gasteiger partial charge in [0.2, 0.25) is 12.7 Å². The van der Waals surface area contributed by atoms with Gasteiger partial charge in [0.05, 0.1) is 5.25 Å². The van der Waals surface area contributed by atoms with Crippen molar-refractivity contribution in [1.29, 1.82) is 0 Å². The molecule has 0 fully saturated rings. The van der Waals surface area contributed by atoms with E-state index in [9.17, 15) is 4.79 Å². The average Bonchev–Trinajstić information content (AvgIpc) is 3.34. The highest BCUT2D eigenvalue weighted by Crippen LogP contribution is 2.34. The van der Waals surface area contributed by atoms with E-state index in [1.165, 1.54) is 11.8 Å². The van der Waals surface area contributed by atoms with Gasteiger partial charge in [0.15, 0.2) is 22.5 Å².